The van der Waals surface area contributed by atoms with E-state index in [9.17, 15) is 0 Å². The molecule has 0 heterocycles. The number of hydrogen-bond acceptors (Lipinski definition) is 0. The average Bonchev–Trinajstić information content (AvgIpc) is 3.07. The second-order valence-corrected chi connectivity index (χ2v) is 8.29. The highest BCUT2D eigenvalue weighted by Gasteiger charge is 2.47. The minimum Gasteiger partial charge on any atom is -0.0629 e. The fourth-order valence-corrected chi connectivity index (χ4v) is 6.19. The van der Waals surface area contributed by atoms with Crippen LogP contribution in [0.25, 0.3) is 0 Å². The molecule has 0 aliphatic heterocycles. The van der Waals surface area contributed by atoms with Gasteiger partial charge in [0.25, 0.3) is 0 Å². The highest BCUT2D eigenvalue weighted by atomic mass is 14.4. The molecule has 3 fully saturated rings. The summed E-state index contributed by atoms with van der Waals surface area (Å²) in [6, 6.07) is 0. The second-order valence-electron chi connectivity index (χ2n) is 8.29. The van der Waals surface area contributed by atoms with Gasteiger partial charge in [-0.25, -0.2) is 0 Å². The van der Waals surface area contributed by atoms with Crippen molar-refractivity contribution >= 4 is 6.71 Å². The molecule has 0 aromatic heterocycles. The van der Waals surface area contributed by atoms with Gasteiger partial charge in [-0.3, -0.25) is 0 Å². The zero-order valence-corrected chi connectivity index (χ0v) is 13.4. The van der Waals surface area contributed by atoms with Crippen molar-refractivity contribution in [2.24, 2.45) is 17.8 Å². The van der Waals surface area contributed by atoms with Crippen molar-refractivity contribution in [2.75, 3.05) is 0 Å². The minimum absolute atomic E-state index is 0. The van der Waals surface area contributed by atoms with Crippen LogP contribution in [0.5, 0.6) is 0 Å². The van der Waals surface area contributed by atoms with E-state index >= 15 is 0 Å². The van der Waals surface area contributed by atoms with Gasteiger partial charge in [-0.15, -0.1) is 0 Å². The molecule has 0 aromatic rings. The van der Waals surface area contributed by atoms with Crippen LogP contribution in [-0.4, -0.2) is 6.71 Å². The van der Waals surface area contributed by atoms with Gasteiger partial charge in [-0.2, -0.15) is 0 Å². The smallest absolute Gasteiger partial charge is 0.0629 e. The molecule has 0 amide bonds. The predicted molar refractivity (Wildman–Crippen MR) is 88.2 cm³/mol. The molecule has 0 aromatic carbocycles. The van der Waals surface area contributed by atoms with Crippen LogP contribution in [0.2, 0.25) is 17.5 Å². The van der Waals surface area contributed by atoms with E-state index in [1.807, 2.05) is 0 Å². The number of rotatable bonds is 3. The first-order valence-electron chi connectivity index (χ1n) is 9.18. The van der Waals surface area contributed by atoms with E-state index in [0.29, 0.717) is 0 Å². The van der Waals surface area contributed by atoms with Crippen LogP contribution in [0, 0.1) is 17.8 Å². The second kappa shape index (κ2) is 5.82. The molecule has 19 heavy (non-hydrogen) atoms. The van der Waals surface area contributed by atoms with E-state index < -0.39 is 0 Å². The summed E-state index contributed by atoms with van der Waals surface area (Å²) in [5, 5.41) is 0. The minimum atomic E-state index is 0. The summed E-state index contributed by atoms with van der Waals surface area (Å²) in [6.07, 6.45) is 13.8. The Kier molecular flexibility index (Phi) is 4.29. The summed E-state index contributed by atoms with van der Waals surface area (Å²) in [5.41, 5.74) is 0. The summed E-state index contributed by atoms with van der Waals surface area (Å²) in [5.74, 6) is 6.30. The third kappa shape index (κ3) is 2.63. The highest BCUT2D eigenvalue weighted by molar-refractivity contribution is 6.64. The maximum Gasteiger partial charge on any atom is 0.150 e. The Hall–Kier alpha value is 0.0649. The Bertz CT molecular complexity index is 258. The fraction of sp³-hybridized carbons (Fsp3) is 1.00. The van der Waals surface area contributed by atoms with Gasteiger partial charge < -0.3 is 0 Å². The first-order chi connectivity index (χ1) is 9.18. The van der Waals surface area contributed by atoms with Crippen molar-refractivity contribution in [3.05, 3.63) is 0 Å². The average molecular weight is 262 g/mol. The van der Waals surface area contributed by atoms with Gasteiger partial charge >= 0.3 is 0 Å². The Labute approximate surface area is 122 Å². The molecular formula is C18H35B. The van der Waals surface area contributed by atoms with Crippen LogP contribution in [0.15, 0.2) is 0 Å². The summed E-state index contributed by atoms with van der Waals surface area (Å²) in [7, 11) is 0. The molecule has 3 rings (SSSR count). The molecule has 3 saturated carbocycles. The lowest BCUT2D eigenvalue weighted by Crippen LogP contribution is -2.36. The first-order valence-corrected chi connectivity index (χ1v) is 9.18. The third-order valence-corrected chi connectivity index (χ3v) is 7.27. The zero-order valence-electron chi connectivity index (χ0n) is 13.4. The van der Waals surface area contributed by atoms with Crippen molar-refractivity contribution in [2.45, 2.75) is 96.0 Å². The summed E-state index contributed by atoms with van der Waals surface area (Å²) in [4.78, 5) is 0. The molecule has 0 saturated heterocycles. The standard InChI is InChI=1S/C18H33B.H2/c1-13-7-4-10-16(13)19(17-11-5-8-14(17)2)18-12-6-9-15(18)3;/h13-18H,4-12H2,1-3H3;1H. The fourth-order valence-electron chi connectivity index (χ4n) is 6.19. The molecule has 6 unspecified atom stereocenters. The monoisotopic (exact) mass is 262 g/mol. The molecule has 0 bridgehead atoms. The lowest BCUT2D eigenvalue weighted by molar-refractivity contribution is 0.517. The van der Waals surface area contributed by atoms with E-state index in [1.54, 1.807) is 19.3 Å². The Morgan fingerprint density at radius 3 is 1.11 bits per heavy atom. The van der Waals surface area contributed by atoms with E-state index in [4.69, 9.17) is 0 Å². The van der Waals surface area contributed by atoms with Crippen molar-refractivity contribution in [1.82, 2.24) is 0 Å². The van der Waals surface area contributed by atoms with Gasteiger partial charge in [0.05, 0.1) is 0 Å². The van der Waals surface area contributed by atoms with Crippen LogP contribution in [-0.2, 0) is 0 Å². The molecule has 110 valence electrons. The van der Waals surface area contributed by atoms with Crippen molar-refractivity contribution in [3.63, 3.8) is 0 Å². The molecule has 6 atom stereocenters. The Balaban J connectivity index is 0.00000147. The van der Waals surface area contributed by atoms with E-state index in [0.717, 1.165) is 41.9 Å². The van der Waals surface area contributed by atoms with Gasteiger partial charge in [0.2, 0.25) is 0 Å². The van der Waals surface area contributed by atoms with Gasteiger partial charge in [0.1, 0.15) is 6.71 Å². The normalized spacial score (nSPS) is 46.9. The summed E-state index contributed by atoms with van der Waals surface area (Å²) in [6.45, 7) is 8.77. The van der Waals surface area contributed by atoms with Crippen LogP contribution in [0.4, 0.5) is 0 Å². The first kappa shape index (κ1) is 14.0. The molecular weight excluding hydrogens is 227 g/mol. The molecule has 3 aliphatic rings. The summed E-state index contributed by atoms with van der Waals surface area (Å²) < 4.78 is 0. The van der Waals surface area contributed by atoms with Crippen LogP contribution < -0.4 is 0 Å². The van der Waals surface area contributed by atoms with E-state index in [-0.39, 0.29) is 1.43 Å². The van der Waals surface area contributed by atoms with Crippen LogP contribution in [0.3, 0.4) is 0 Å². The maximum atomic E-state index is 2.56. The lowest BCUT2D eigenvalue weighted by Gasteiger charge is -2.37. The van der Waals surface area contributed by atoms with E-state index in [2.05, 4.69) is 20.8 Å². The molecule has 0 spiro atoms. The van der Waals surface area contributed by atoms with Gasteiger partial charge in [0, 0.05) is 1.43 Å². The quantitative estimate of drug-likeness (QED) is 0.524. The Morgan fingerprint density at radius 1 is 0.579 bits per heavy atom. The maximum absolute atomic E-state index is 2.56. The summed E-state index contributed by atoms with van der Waals surface area (Å²) >= 11 is 0. The van der Waals surface area contributed by atoms with Crippen LogP contribution in [0.1, 0.15) is 80.0 Å². The number of hydrogen-bond donors (Lipinski definition) is 0. The van der Waals surface area contributed by atoms with E-state index in [1.165, 1.54) is 38.5 Å². The lowest BCUT2D eigenvalue weighted by atomic mass is 9.24. The van der Waals surface area contributed by atoms with Crippen LogP contribution >= 0.6 is 0 Å². The molecule has 0 nitrogen and oxygen atoms in total. The topological polar surface area (TPSA) is 0 Å². The van der Waals surface area contributed by atoms with Gasteiger partial charge in [0.15, 0.2) is 0 Å². The predicted octanol–water partition coefficient (Wildman–Crippen LogP) is 6.30. The van der Waals surface area contributed by atoms with Crippen molar-refractivity contribution < 1.29 is 1.43 Å². The van der Waals surface area contributed by atoms with Crippen molar-refractivity contribution in [3.8, 4) is 0 Å². The third-order valence-electron chi connectivity index (χ3n) is 7.27. The van der Waals surface area contributed by atoms with Gasteiger partial charge in [-0.05, 0) is 17.8 Å². The molecule has 1 heteroatoms. The molecule has 0 N–H and O–H groups in total. The SMILES string of the molecule is CC1CCCC1B(C1CCCC1C)C1CCCC1C.[HH]. The highest BCUT2D eigenvalue weighted by Crippen LogP contribution is 2.56. The zero-order chi connectivity index (χ0) is 13.4. The molecule has 0 radical (unpaired) electrons. The Morgan fingerprint density at radius 2 is 0.895 bits per heavy atom. The molecule has 3 aliphatic carbocycles. The largest absolute Gasteiger partial charge is 0.150 e. The van der Waals surface area contributed by atoms with Gasteiger partial charge in [-0.1, -0.05) is 96.0 Å². The van der Waals surface area contributed by atoms with Crippen molar-refractivity contribution in [1.29, 1.82) is 0 Å².